The highest BCUT2D eigenvalue weighted by atomic mass is 35.5. The van der Waals surface area contributed by atoms with Crippen LogP contribution in [0.2, 0.25) is 5.02 Å². The number of halogens is 1. The normalized spacial score (nSPS) is 16.4. The highest BCUT2D eigenvalue weighted by molar-refractivity contribution is 6.30. The molecule has 0 spiro atoms. The van der Waals surface area contributed by atoms with Crippen LogP contribution in [0.25, 0.3) is 17.0 Å². The highest BCUT2D eigenvalue weighted by Crippen LogP contribution is 2.37. The number of carbonyl (C=O) groups excluding carboxylic acids is 1. The maximum absolute atomic E-state index is 13.0. The number of urea groups is 1. The Hall–Kier alpha value is -3.12. The maximum Gasteiger partial charge on any atom is 0.322 e. The summed E-state index contributed by atoms with van der Waals surface area (Å²) in [6.45, 7) is 6.76. The molecule has 2 aromatic carbocycles. The van der Waals surface area contributed by atoms with E-state index in [-0.39, 0.29) is 6.03 Å². The molecule has 4 rings (SSSR count). The smallest absolute Gasteiger partial charge is 0.322 e. The maximum atomic E-state index is 13.0. The van der Waals surface area contributed by atoms with E-state index in [2.05, 4.69) is 17.4 Å². The Morgan fingerprint density at radius 2 is 1.78 bits per heavy atom. The first-order valence-electron chi connectivity index (χ1n) is 10.9. The zero-order chi connectivity index (χ0) is 22.7. The van der Waals surface area contributed by atoms with Crippen molar-refractivity contribution < 1.29 is 9.32 Å². The van der Waals surface area contributed by atoms with Gasteiger partial charge in [0.25, 0.3) is 5.89 Å². The predicted octanol–water partition coefficient (Wildman–Crippen LogP) is 6.39. The second-order valence-electron chi connectivity index (χ2n) is 8.08. The quantitative estimate of drug-likeness (QED) is 0.423. The lowest BCUT2D eigenvalue weighted by Gasteiger charge is -2.35. The van der Waals surface area contributed by atoms with Crippen molar-refractivity contribution in [2.45, 2.75) is 46.1 Å². The van der Waals surface area contributed by atoms with Crippen molar-refractivity contribution >= 4 is 23.2 Å². The molecule has 0 radical (unpaired) electrons. The molecule has 0 aliphatic carbocycles. The number of nitrogens with one attached hydrogen (secondary N) is 1. The van der Waals surface area contributed by atoms with Crippen LogP contribution in [0.4, 0.5) is 4.79 Å². The van der Waals surface area contributed by atoms with Crippen molar-refractivity contribution in [3.8, 4) is 11.4 Å². The fraction of sp³-hybridized carbons (Fsp3) is 0.320. The monoisotopic (exact) mass is 450 g/mol. The Morgan fingerprint density at radius 1 is 1.06 bits per heavy atom. The largest absolute Gasteiger partial charge is 0.334 e. The van der Waals surface area contributed by atoms with Crippen LogP contribution in [0, 0.1) is 6.92 Å². The standard InChI is InChI=1S/C25H27ClN4O2/c1-4-5-6-15-30-17(3)21(22(27-25(30)31)18-11-13-20(26)14-12-18)24-28-23(29-32-24)19-9-7-16(2)8-10-19/h7-14,22H,4-6,15H2,1-3H3,(H,27,31). The zero-order valence-corrected chi connectivity index (χ0v) is 19.3. The van der Waals surface area contributed by atoms with E-state index in [4.69, 9.17) is 21.1 Å². The van der Waals surface area contributed by atoms with Gasteiger partial charge in [-0.05, 0) is 38.0 Å². The van der Waals surface area contributed by atoms with E-state index in [1.807, 2.05) is 62.4 Å². The molecular weight excluding hydrogens is 424 g/mol. The lowest BCUT2D eigenvalue weighted by Crippen LogP contribution is -2.46. The summed E-state index contributed by atoms with van der Waals surface area (Å²) in [5, 5.41) is 7.98. The lowest BCUT2D eigenvalue weighted by molar-refractivity contribution is 0.204. The van der Waals surface area contributed by atoms with Crippen LogP contribution in [-0.4, -0.2) is 27.6 Å². The summed E-state index contributed by atoms with van der Waals surface area (Å²) in [5.74, 6) is 0.920. The van der Waals surface area contributed by atoms with Gasteiger partial charge in [-0.2, -0.15) is 4.98 Å². The predicted molar refractivity (Wildman–Crippen MR) is 126 cm³/mol. The first-order chi connectivity index (χ1) is 15.5. The van der Waals surface area contributed by atoms with Gasteiger partial charge in [0.05, 0.1) is 11.6 Å². The van der Waals surface area contributed by atoms with Crippen molar-refractivity contribution in [2.75, 3.05) is 6.54 Å². The van der Waals surface area contributed by atoms with Gasteiger partial charge in [-0.1, -0.05) is 78.5 Å². The molecule has 1 aromatic heterocycles. The van der Waals surface area contributed by atoms with E-state index >= 15 is 0 Å². The van der Waals surface area contributed by atoms with Gasteiger partial charge < -0.3 is 9.84 Å². The molecule has 6 nitrogen and oxygen atoms in total. The number of rotatable bonds is 7. The Labute approximate surface area is 193 Å². The Bertz CT molecular complexity index is 1120. The van der Waals surface area contributed by atoms with Gasteiger partial charge in [-0.3, -0.25) is 4.90 Å². The molecule has 0 saturated heterocycles. The van der Waals surface area contributed by atoms with Gasteiger partial charge in [-0.25, -0.2) is 4.79 Å². The molecule has 32 heavy (non-hydrogen) atoms. The van der Waals surface area contributed by atoms with Gasteiger partial charge in [0, 0.05) is 22.8 Å². The third kappa shape index (κ3) is 4.55. The molecule has 1 N–H and O–H groups in total. The number of unbranched alkanes of at least 4 members (excludes halogenated alkanes) is 2. The van der Waals surface area contributed by atoms with E-state index in [1.54, 1.807) is 4.90 Å². The van der Waals surface area contributed by atoms with Crippen LogP contribution >= 0.6 is 11.6 Å². The number of aryl methyl sites for hydroxylation is 1. The molecule has 1 aliphatic rings. The fourth-order valence-electron chi connectivity index (χ4n) is 3.91. The van der Waals surface area contributed by atoms with E-state index in [9.17, 15) is 4.79 Å². The second-order valence-corrected chi connectivity index (χ2v) is 8.52. The first kappa shape index (κ1) is 22.1. The van der Waals surface area contributed by atoms with Crippen LogP contribution in [0.15, 0.2) is 58.8 Å². The van der Waals surface area contributed by atoms with E-state index in [1.165, 1.54) is 0 Å². The third-order valence-corrected chi connectivity index (χ3v) is 6.00. The summed E-state index contributed by atoms with van der Waals surface area (Å²) in [6, 6.07) is 14.9. The minimum atomic E-state index is -0.409. The SMILES string of the molecule is CCCCCN1C(=O)NC(c2ccc(Cl)cc2)C(c2nc(-c3ccc(C)cc3)no2)=C1C. The number of allylic oxidation sites excluding steroid dienone is 1. The molecule has 0 bridgehead atoms. The van der Waals surface area contributed by atoms with E-state index in [0.717, 1.165) is 47.2 Å². The average Bonchev–Trinajstić information content (AvgIpc) is 3.26. The molecule has 3 aromatic rings. The van der Waals surface area contributed by atoms with Crippen molar-refractivity contribution in [1.82, 2.24) is 20.4 Å². The summed E-state index contributed by atoms with van der Waals surface area (Å²) >= 11 is 6.09. The van der Waals surface area contributed by atoms with Gasteiger partial charge in [0.2, 0.25) is 5.82 Å². The summed E-state index contributed by atoms with van der Waals surface area (Å²) < 4.78 is 5.72. The average molecular weight is 451 g/mol. The molecule has 1 unspecified atom stereocenters. The lowest BCUT2D eigenvalue weighted by atomic mass is 9.94. The van der Waals surface area contributed by atoms with Crippen LogP contribution < -0.4 is 5.32 Å². The zero-order valence-electron chi connectivity index (χ0n) is 18.6. The second kappa shape index (κ2) is 9.57. The number of hydrogen-bond donors (Lipinski definition) is 1. The molecule has 1 atom stereocenters. The van der Waals surface area contributed by atoms with Gasteiger partial charge in [-0.15, -0.1) is 0 Å². The molecule has 0 saturated carbocycles. The number of amides is 2. The Morgan fingerprint density at radius 3 is 2.47 bits per heavy atom. The molecule has 1 aliphatic heterocycles. The van der Waals surface area contributed by atoms with Crippen molar-refractivity contribution in [1.29, 1.82) is 0 Å². The van der Waals surface area contributed by atoms with Crippen LogP contribution in [-0.2, 0) is 0 Å². The fourth-order valence-corrected chi connectivity index (χ4v) is 4.03. The number of benzene rings is 2. The minimum absolute atomic E-state index is 0.124. The van der Waals surface area contributed by atoms with Gasteiger partial charge in [0.1, 0.15) is 0 Å². The van der Waals surface area contributed by atoms with Crippen molar-refractivity contribution in [3.05, 3.63) is 76.3 Å². The summed E-state index contributed by atoms with van der Waals surface area (Å²) in [4.78, 5) is 19.4. The van der Waals surface area contributed by atoms with Crippen LogP contribution in [0.1, 0.15) is 56.2 Å². The highest BCUT2D eigenvalue weighted by Gasteiger charge is 2.35. The van der Waals surface area contributed by atoms with Crippen LogP contribution in [0.3, 0.4) is 0 Å². The molecule has 0 fully saturated rings. The van der Waals surface area contributed by atoms with Gasteiger partial charge >= 0.3 is 6.03 Å². The van der Waals surface area contributed by atoms with Gasteiger partial charge in [0.15, 0.2) is 0 Å². The van der Waals surface area contributed by atoms with E-state index in [0.29, 0.717) is 23.3 Å². The molecule has 166 valence electrons. The topological polar surface area (TPSA) is 71.3 Å². The summed E-state index contributed by atoms with van der Waals surface area (Å²) in [5.41, 5.74) is 4.57. The first-order valence-corrected chi connectivity index (χ1v) is 11.3. The third-order valence-electron chi connectivity index (χ3n) is 5.75. The summed E-state index contributed by atoms with van der Waals surface area (Å²) in [7, 11) is 0. The van der Waals surface area contributed by atoms with E-state index < -0.39 is 6.04 Å². The number of aromatic nitrogens is 2. The number of hydrogen-bond acceptors (Lipinski definition) is 4. The molecular formula is C25H27ClN4O2. The Kier molecular flexibility index (Phi) is 6.61. The molecule has 2 amide bonds. The Balaban J connectivity index is 1.76. The van der Waals surface area contributed by atoms with Crippen LogP contribution in [0.5, 0.6) is 0 Å². The minimum Gasteiger partial charge on any atom is -0.334 e. The number of carbonyl (C=O) groups is 1. The molecule has 2 heterocycles. The number of nitrogens with zero attached hydrogens (tertiary/aromatic N) is 3. The summed E-state index contributed by atoms with van der Waals surface area (Å²) in [6.07, 6.45) is 3.08. The van der Waals surface area contributed by atoms with Crippen molar-refractivity contribution in [3.63, 3.8) is 0 Å². The molecule has 7 heteroatoms. The van der Waals surface area contributed by atoms with Crippen molar-refractivity contribution in [2.24, 2.45) is 0 Å².